The molecule has 0 aliphatic rings. The molecule has 2 aromatic carbocycles. The van der Waals surface area contributed by atoms with Crippen molar-refractivity contribution in [2.24, 2.45) is 10.7 Å². The van der Waals surface area contributed by atoms with Crippen LogP contribution in [0.2, 0.25) is 0 Å². The van der Waals surface area contributed by atoms with E-state index in [4.69, 9.17) is 10.5 Å². The van der Waals surface area contributed by atoms with Gasteiger partial charge in [0.15, 0.2) is 5.96 Å². The molecule has 0 radical (unpaired) electrons. The number of hydrogen-bond acceptors (Lipinski definition) is 2. The summed E-state index contributed by atoms with van der Waals surface area (Å²) in [5, 5.41) is 3.18. The predicted octanol–water partition coefficient (Wildman–Crippen LogP) is 3.85. The van der Waals surface area contributed by atoms with Crippen LogP contribution in [0.5, 0.6) is 0 Å². The number of para-hydroxylation sites is 1. The van der Waals surface area contributed by atoms with Gasteiger partial charge in [0.25, 0.3) is 0 Å². The lowest BCUT2D eigenvalue weighted by Gasteiger charge is -2.23. The fourth-order valence-electron chi connectivity index (χ4n) is 2.48. The number of rotatable bonds is 6. The first-order valence-corrected chi connectivity index (χ1v) is 8.13. The molecule has 0 fully saturated rings. The minimum Gasteiger partial charge on any atom is -0.380 e. The van der Waals surface area contributed by atoms with E-state index in [-0.39, 0.29) is 5.41 Å². The first kappa shape index (κ1) is 18.0. The van der Waals surface area contributed by atoms with Gasteiger partial charge in [0, 0.05) is 23.8 Å². The molecule has 0 heterocycles. The first-order valence-electron chi connectivity index (χ1n) is 8.13. The monoisotopic (exact) mass is 325 g/mol. The third-order valence-corrected chi connectivity index (χ3v) is 4.06. The van der Waals surface area contributed by atoms with Crippen LogP contribution in [0.25, 0.3) is 0 Å². The Morgan fingerprint density at radius 2 is 1.79 bits per heavy atom. The van der Waals surface area contributed by atoms with Gasteiger partial charge in [0.1, 0.15) is 0 Å². The molecule has 4 heteroatoms. The second kappa shape index (κ2) is 7.97. The summed E-state index contributed by atoms with van der Waals surface area (Å²) in [6.07, 6.45) is 0. The molecule has 0 saturated heterocycles. The molecular weight excluding hydrogens is 298 g/mol. The minimum absolute atomic E-state index is 0.0773. The van der Waals surface area contributed by atoms with Crippen molar-refractivity contribution in [3.05, 3.63) is 65.2 Å². The van der Waals surface area contributed by atoms with Crippen molar-refractivity contribution in [1.82, 2.24) is 0 Å². The van der Waals surface area contributed by atoms with Gasteiger partial charge in [-0.2, -0.15) is 0 Å². The lowest BCUT2D eigenvalue weighted by atomic mass is 9.84. The molecule has 2 rings (SSSR count). The molecule has 0 aliphatic carbocycles. The Kier molecular flexibility index (Phi) is 5.99. The Morgan fingerprint density at radius 1 is 1.12 bits per heavy atom. The van der Waals surface area contributed by atoms with E-state index in [1.54, 1.807) is 7.11 Å². The number of nitrogens with zero attached hydrogens (tertiary/aromatic N) is 1. The van der Waals surface area contributed by atoms with E-state index in [1.165, 1.54) is 11.1 Å². The Morgan fingerprint density at radius 3 is 2.46 bits per heavy atom. The number of aliphatic imine (C=N–C) groups is 1. The maximum Gasteiger partial charge on any atom is 0.193 e. The Balaban J connectivity index is 2.07. The molecule has 0 amide bonds. The number of nitrogens with two attached hydrogens (primary N) is 1. The minimum atomic E-state index is -0.0773. The van der Waals surface area contributed by atoms with Crippen molar-refractivity contribution in [3.8, 4) is 0 Å². The molecule has 0 unspecified atom stereocenters. The standard InChI is InChI=1S/C20H27N3O/c1-15-9-11-17(12-10-15)20(2,3)14-22-19(21)23-18-8-6-5-7-16(18)13-24-4/h5-12H,13-14H2,1-4H3,(H3,21,22,23). The van der Waals surface area contributed by atoms with Gasteiger partial charge in [-0.05, 0) is 18.6 Å². The summed E-state index contributed by atoms with van der Waals surface area (Å²) in [7, 11) is 1.68. The van der Waals surface area contributed by atoms with E-state index in [0.29, 0.717) is 19.1 Å². The predicted molar refractivity (Wildman–Crippen MR) is 101 cm³/mol. The van der Waals surface area contributed by atoms with E-state index in [9.17, 15) is 0 Å². The number of aryl methyl sites for hydroxylation is 1. The van der Waals surface area contributed by atoms with Gasteiger partial charge in [0.2, 0.25) is 0 Å². The van der Waals surface area contributed by atoms with Crippen molar-refractivity contribution in [3.63, 3.8) is 0 Å². The second-order valence-corrected chi connectivity index (χ2v) is 6.67. The van der Waals surface area contributed by atoms with Gasteiger partial charge in [-0.15, -0.1) is 0 Å². The third kappa shape index (κ3) is 4.83. The van der Waals surface area contributed by atoms with Crippen molar-refractivity contribution >= 4 is 11.6 Å². The molecule has 0 aliphatic heterocycles. The molecule has 4 nitrogen and oxygen atoms in total. The van der Waals surface area contributed by atoms with Crippen LogP contribution >= 0.6 is 0 Å². The fraction of sp³-hybridized carbons (Fsp3) is 0.350. The molecule has 0 saturated carbocycles. The lowest BCUT2D eigenvalue weighted by Crippen LogP contribution is -2.28. The van der Waals surface area contributed by atoms with E-state index in [0.717, 1.165) is 11.3 Å². The Hall–Kier alpha value is -2.33. The highest BCUT2D eigenvalue weighted by Gasteiger charge is 2.20. The highest BCUT2D eigenvalue weighted by molar-refractivity contribution is 5.93. The van der Waals surface area contributed by atoms with Crippen LogP contribution in [0.1, 0.15) is 30.5 Å². The zero-order chi connectivity index (χ0) is 17.6. The number of nitrogens with one attached hydrogen (secondary N) is 1. The summed E-state index contributed by atoms with van der Waals surface area (Å²) in [5.74, 6) is 0.415. The quantitative estimate of drug-likeness (QED) is 0.626. The van der Waals surface area contributed by atoms with Gasteiger partial charge in [-0.3, -0.25) is 4.99 Å². The van der Waals surface area contributed by atoms with Crippen LogP contribution in [0, 0.1) is 6.92 Å². The maximum absolute atomic E-state index is 6.08. The van der Waals surface area contributed by atoms with E-state index < -0.39 is 0 Å². The average Bonchev–Trinajstić information content (AvgIpc) is 2.56. The second-order valence-electron chi connectivity index (χ2n) is 6.67. The summed E-state index contributed by atoms with van der Waals surface area (Å²) in [6, 6.07) is 16.5. The number of benzene rings is 2. The van der Waals surface area contributed by atoms with Crippen LogP contribution < -0.4 is 11.1 Å². The fourth-order valence-corrected chi connectivity index (χ4v) is 2.48. The third-order valence-electron chi connectivity index (χ3n) is 4.06. The van der Waals surface area contributed by atoms with Crippen LogP contribution in [-0.4, -0.2) is 19.6 Å². The van der Waals surface area contributed by atoms with E-state index in [1.807, 2.05) is 24.3 Å². The molecule has 24 heavy (non-hydrogen) atoms. The van der Waals surface area contributed by atoms with Crippen LogP contribution in [0.4, 0.5) is 5.69 Å². The summed E-state index contributed by atoms with van der Waals surface area (Å²) in [5.41, 5.74) is 10.5. The molecule has 0 aromatic heterocycles. The SMILES string of the molecule is COCc1ccccc1NC(N)=NCC(C)(C)c1ccc(C)cc1. The number of guanidine groups is 1. The number of anilines is 1. The van der Waals surface area contributed by atoms with Crippen molar-refractivity contribution in [1.29, 1.82) is 0 Å². The largest absolute Gasteiger partial charge is 0.380 e. The van der Waals surface area contributed by atoms with Crippen molar-refractivity contribution in [2.75, 3.05) is 19.0 Å². The van der Waals surface area contributed by atoms with Gasteiger partial charge in [-0.25, -0.2) is 0 Å². The van der Waals surface area contributed by atoms with Crippen LogP contribution in [0.15, 0.2) is 53.5 Å². The lowest BCUT2D eigenvalue weighted by molar-refractivity contribution is 0.185. The van der Waals surface area contributed by atoms with Gasteiger partial charge < -0.3 is 15.8 Å². The van der Waals surface area contributed by atoms with Crippen molar-refractivity contribution < 1.29 is 4.74 Å². The molecule has 2 aromatic rings. The molecule has 128 valence electrons. The van der Waals surface area contributed by atoms with Gasteiger partial charge >= 0.3 is 0 Å². The van der Waals surface area contributed by atoms with Crippen molar-refractivity contribution in [2.45, 2.75) is 32.8 Å². The highest BCUT2D eigenvalue weighted by Crippen LogP contribution is 2.24. The van der Waals surface area contributed by atoms with E-state index in [2.05, 4.69) is 55.3 Å². The van der Waals surface area contributed by atoms with E-state index >= 15 is 0 Å². The zero-order valence-electron chi connectivity index (χ0n) is 15.0. The van der Waals surface area contributed by atoms with Gasteiger partial charge in [0.05, 0.1) is 13.2 Å². The summed E-state index contributed by atoms with van der Waals surface area (Å²) in [6.45, 7) is 7.58. The molecule has 0 bridgehead atoms. The summed E-state index contributed by atoms with van der Waals surface area (Å²) >= 11 is 0. The van der Waals surface area contributed by atoms with Crippen LogP contribution in [0.3, 0.4) is 0 Å². The molecular formula is C20H27N3O. The molecule has 0 atom stereocenters. The normalized spacial score (nSPS) is 12.2. The highest BCUT2D eigenvalue weighted by atomic mass is 16.5. The van der Waals surface area contributed by atoms with Gasteiger partial charge in [-0.1, -0.05) is 61.9 Å². The number of methoxy groups -OCH3 is 1. The summed E-state index contributed by atoms with van der Waals surface area (Å²) < 4.78 is 5.21. The Labute approximate surface area is 144 Å². The first-order chi connectivity index (χ1) is 11.4. The number of hydrogen-bond donors (Lipinski definition) is 2. The topological polar surface area (TPSA) is 59.6 Å². The smallest absolute Gasteiger partial charge is 0.193 e. The number of ether oxygens (including phenoxy) is 1. The van der Waals surface area contributed by atoms with Crippen LogP contribution in [-0.2, 0) is 16.8 Å². The molecule has 3 N–H and O–H groups in total. The zero-order valence-corrected chi connectivity index (χ0v) is 15.0. The maximum atomic E-state index is 6.08. The average molecular weight is 325 g/mol. The molecule has 0 spiro atoms. The summed E-state index contributed by atoms with van der Waals surface area (Å²) in [4.78, 5) is 4.53. The Bertz CT molecular complexity index is 690.